The number of carbonyl (C=O) groups excluding carboxylic acids is 2. The van der Waals surface area contributed by atoms with Gasteiger partial charge in [0.05, 0.1) is 39.6 Å². The van der Waals surface area contributed by atoms with E-state index in [1.807, 2.05) is 13.0 Å². The van der Waals surface area contributed by atoms with Gasteiger partial charge in [-0.15, -0.1) is 0 Å². The van der Waals surface area contributed by atoms with Gasteiger partial charge in [0.25, 0.3) is 0 Å². The topological polar surface area (TPSA) is 71.1 Å². The molecule has 0 amide bonds. The molecule has 0 atom stereocenters. The first-order chi connectivity index (χ1) is 12.8. The van der Waals surface area contributed by atoms with Crippen LogP contribution in [0.1, 0.15) is 39.3 Å². The predicted octanol–water partition coefficient (Wildman–Crippen LogP) is 4.36. The van der Waals surface area contributed by atoms with Crippen LogP contribution in [0.4, 0.5) is 4.39 Å². The zero-order chi connectivity index (χ0) is 20.6. The van der Waals surface area contributed by atoms with Crippen molar-refractivity contribution in [3.05, 3.63) is 58.4 Å². The molecule has 154 valence electrons. The van der Waals surface area contributed by atoms with Crippen LogP contribution in [-0.4, -0.2) is 40.4 Å². The van der Waals surface area contributed by atoms with Gasteiger partial charge < -0.3 is 18.9 Å². The lowest BCUT2D eigenvalue weighted by Crippen LogP contribution is -2.06. The highest BCUT2D eigenvalue weighted by molar-refractivity contribution is 5.90. The molecule has 0 heterocycles. The number of benzene rings is 2. The number of esters is 2. The highest BCUT2D eigenvalue weighted by atomic mass is 19.1. The minimum Gasteiger partial charge on any atom is -0.497 e. The maximum atomic E-state index is 13.5. The third kappa shape index (κ3) is 6.57. The average Bonchev–Trinajstić information content (AvgIpc) is 2.67. The molecule has 0 saturated carbocycles. The van der Waals surface area contributed by atoms with Gasteiger partial charge >= 0.3 is 11.9 Å². The number of ether oxygens (including phenoxy) is 4. The lowest BCUT2D eigenvalue weighted by atomic mass is 10.1. The van der Waals surface area contributed by atoms with Crippen molar-refractivity contribution in [3.8, 4) is 11.5 Å². The van der Waals surface area contributed by atoms with Gasteiger partial charge in [-0.2, -0.15) is 0 Å². The van der Waals surface area contributed by atoms with Gasteiger partial charge in [0, 0.05) is 0 Å². The largest absolute Gasteiger partial charge is 0.497 e. The van der Waals surface area contributed by atoms with Crippen molar-refractivity contribution in [3.63, 3.8) is 0 Å². The summed E-state index contributed by atoms with van der Waals surface area (Å²) in [5.41, 5.74) is 2.12. The summed E-state index contributed by atoms with van der Waals surface area (Å²) in [6.07, 6.45) is 0. The molecule has 28 heavy (non-hydrogen) atoms. The number of hydrogen-bond acceptors (Lipinski definition) is 6. The first kappa shape index (κ1) is 24.9. The van der Waals surface area contributed by atoms with Crippen LogP contribution in [0, 0.1) is 19.7 Å². The molecule has 0 saturated heterocycles. The number of carbonyl (C=O) groups is 2. The number of methoxy groups -OCH3 is 4. The summed E-state index contributed by atoms with van der Waals surface area (Å²) in [6, 6.07) is 8.20. The van der Waals surface area contributed by atoms with Crippen LogP contribution in [0.2, 0.25) is 0 Å². The lowest BCUT2D eigenvalue weighted by Gasteiger charge is -2.07. The second-order valence-electron chi connectivity index (χ2n) is 5.55. The number of rotatable bonds is 4. The van der Waals surface area contributed by atoms with Crippen LogP contribution >= 0.6 is 0 Å². The van der Waals surface area contributed by atoms with Crippen molar-refractivity contribution in [2.24, 2.45) is 0 Å². The SMILES string of the molecule is C.COC(=O)c1cc(C)cc(OC)c1.COC(=O)c1cc(C)cc(OC)c1F. The first-order valence-corrected chi connectivity index (χ1v) is 7.93. The standard InChI is InChI=1S/C10H11FO3.C10H12O3.CH4/c1-6-4-7(10(12)14-3)9(11)8(5-6)13-2;1-7-4-8(10(11)13-3)6-9(5-7)12-2;/h4-5H,1-3H3;4-6H,1-3H3;1H4. The minimum absolute atomic E-state index is 0. The minimum atomic E-state index is -0.704. The Bertz CT molecular complexity index is 817. The molecule has 7 heteroatoms. The Morgan fingerprint density at radius 2 is 1.36 bits per heavy atom. The Kier molecular flexibility index (Phi) is 10.3. The summed E-state index contributed by atoms with van der Waals surface area (Å²) >= 11 is 0. The normalized spacial score (nSPS) is 9.25. The lowest BCUT2D eigenvalue weighted by molar-refractivity contribution is 0.0588. The summed E-state index contributed by atoms with van der Waals surface area (Å²) < 4.78 is 32.3. The van der Waals surface area contributed by atoms with Crippen molar-refractivity contribution in [2.75, 3.05) is 28.4 Å². The molecule has 0 aliphatic carbocycles. The molecule has 0 unspecified atom stereocenters. The van der Waals surface area contributed by atoms with Gasteiger partial charge in [-0.25, -0.2) is 14.0 Å². The Labute approximate surface area is 165 Å². The molecule has 6 nitrogen and oxygen atoms in total. The molecule has 0 fully saturated rings. The third-order valence-corrected chi connectivity index (χ3v) is 3.52. The van der Waals surface area contributed by atoms with Crippen molar-refractivity contribution in [2.45, 2.75) is 21.3 Å². The van der Waals surface area contributed by atoms with E-state index in [-0.39, 0.29) is 24.7 Å². The maximum Gasteiger partial charge on any atom is 0.341 e. The molecular formula is C21H27FO6. The van der Waals surface area contributed by atoms with E-state index in [1.165, 1.54) is 33.5 Å². The Morgan fingerprint density at radius 3 is 1.86 bits per heavy atom. The predicted molar refractivity (Wildman–Crippen MR) is 105 cm³/mol. The van der Waals surface area contributed by atoms with E-state index < -0.39 is 11.8 Å². The van der Waals surface area contributed by atoms with Gasteiger partial charge in [0.1, 0.15) is 5.75 Å². The zero-order valence-electron chi connectivity index (χ0n) is 16.2. The molecule has 0 radical (unpaired) electrons. The van der Waals surface area contributed by atoms with Gasteiger partial charge in [0.15, 0.2) is 11.6 Å². The van der Waals surface area contributed by atoms with Crippen LogP contribution in [0.3, 0.4) is 0 Å². The monoisotopic (exact) mass is 394 g/mol. The third-order valence-electron chi connectivity index (χ3n) is 3.52. The Hall–Kier alpha value is -3.09. The summed E-state index contributed by atoms with van der Waals surface area (Å²) in [5.74, 6) is -1.03. The number of halogens is 1. The molecule has 0 spiro atoms. The van der Waals surface area contributed by atoms with Crippen molar-refractivity contribution < 1.29 is 32.9 Å². The van der Waals surface area contributed by atoms with Crippen molar-refractivity contribution >= 4 is 11.9 Å². The fourth-order valence-electron chi connectivity index (χ4n) is 2.24. The van der Waals surface area contributed by atoms with Gasteiger partial charge in [-0.3, -0.25) is 0 Å². The van der Waals surface area contributed by atoms with Crippen LogP contribution < -0.4 is 9.47 Å². The van der Waals surface area contributed by atoms with E-state index in [4.69, 9.17) is 9.47 Å². The van der Waals surface area contributed by atoms with Gasteiger partial charge in [0.2, 0.25) is 0 Å². The zero-order valence-corrected chi connectivity index (χ0v) is 16.2. The molecule has 0 aliphatic heterocycles. The van der Waals surface area contributed by atoms with E-state index in [0.29, 0.717) is 11.3 Å². The average molecular weight is 394 g/mol. The molecule has 2 rings (SSSR count). The first-order valence-electron chi connectivity index (χ1n) is 7.93. The molecule has 0 aliphatic rings. The molecule has 2 aromatic carbocycles. The highest BCUT2D eigenvalue weighted by Gasteiger charge is 2.16. The highest BCUT2D eigenvalue weighted by Crippen LogP contribution is 2.23. The summed E-state index contributed by atoms with van der Waals surface area (Å²) in [4.78, 5) is 22.3. The van der Waals surface area contributed by atoms with Crippen molar-refractivity contribution in [1.29, 1.82) is 0 Å². The van der Waals surface area contributed by atoms with E-state index in [2.05, 4.69) is 9.47 Å². The molecular weight excluding hydrogens is 367 g/mol. The van der Waals surface area contributed by atoms with Crippen LogP contribution in [0.5, 0.6) is 11.5 Å². The molecule has 0 bridgehead atoms. The Balaban J connectivity index is 0.000000504. The summed E-state index contributed by atoms with van der Waals surface area (Å²) in [5, 5.41) is 0. The second-order valence-corrected chi connectivity index (χ2v) is 5.55. The second kappa shape index (κ2) is 11.6. The maximum absolute atomic E-state index is 13.5. The van der Waals surface area contributed by atoms with Crippen LogP contribution in [-0.2, 0) is 9.47 Å². The smallest absolute Gasteiger partial charge is 0.341 e. The van der Waals surface area contributed by atoms with Gasteiger partial charge in [-0.1, -0.05) is 7.43 Å². The van der Waals surface area contributed by atoms with Crippen LogP contribution in [0.25, 0.3) is 0 Å². The van der Waals surface area contributed by atoms with E-state index in [1.54, 1.807) is 26.2 Å². The number of aryl methyl sites for hydroxylation is 2. The fourth-order valence-corrected chi connectivity index (χ4v) is 2.24. The van der Waals surface area contributed by atoms with Crippen LogP contribution in [0.15, 0.2) is 30.3 Å². The Morgan fingerprint density at radius 1 is 0.786 bits per heavy atom. The van der Waals surface area contributed by atoms with Crippen molar-refractivity contribution in [1.82, 2.24) is 0 Å². The molecule has 0 aromatic heterocycles. The fraction of sp³-hybridized carbons (Fsp3) is 0.333. The van der Waals surface area contributed by atoms with E-state index >= 15 is 0 Å². The summed E-state index contributed by atoms with van der Waals surface area (Å²) in [7, 11) is 5.47. The molecule has 0 N–H and O–H groups in total. The molecule has 2 aromatic rings. The summed E-state index contributed by atoms with van der Waals surface area (Å²) in [6.45, 7) is 3.64. The van der Waals surface area contributed by atoms with E-state index in [0.717, 1.165) is 11.1 Å². The quantitative estimate of drug-likeness (QED) is 0.718. The van der Waals surface area contributed by atoms with E-state index in [9.17, 15) is 14.0 Å². The number of hydrogen-bond donors (Lipinski definition) is 0. The van der Waals surface area contributed by atoms with Gasteiger partial charge in [-0.05, 0) is 55.3 Å².